The SMILES string of the molecule is CC(CNc1c(C#N)cnc2ccccc12)C1CC1. The first-order chi connectivity index (χ1) is 9.29. The maximum Gasteiger partial charge on any atom is 0.103 e. The van der Waals surface area contributed by atoms with Crippen LogP contribution in [0, 0.1) is 23.2 Å². The summed E-state index contributed by atoms with van der Waals surface area (Å²) in [5, 5.41) is 13.7. The van der Waals surface area contributed by atoms with Gasteiger partial charge in [0, 0.05) is 18.1 Å². The van der Waals surface area contributed by atoms with Gasteiger partial charge in [-0.05, 0) is 30.7 Å². The molecule has 3 heteroatoms. The van der Waals surface area contributed by atoms with Crippen molar-refractivity contribution in [3.05, 3.63) is 36.0 Å². The molecule has 1 aromatic carbocycles. The third kappa shape index (κ3) is 2.39. The van der Waals surface area contributed by atoms with E-state index < -0.39 is 0 Å². The van der Waals surface area contributed by atoms with Crippen molar-refractivity contribution in [3.8, 4) is 6.07 Å². The topological polar surface area (TPSA) is 48.7 Å². The van der Waals surface area contributed by atoms with Crippen molar-refractivity contribution in [1.29, 1.82) is 5.26 Å². The number of hydrogen-bond acceptors (Lipinski definition) is 3. The highest BCUT2D eigenvalue weighted by atomic mass is 14.9. The van der Waals surface area contributed by atoms with E-state index in [1.165, 1.54) is 12.8 Å². The quantitative estimate of drug-likeness (QED) is 0.903. The smallest absolute Gasteiger partial charge is 0.103 e. The number of fused-ring (bicyclic) bond motifs is 1. The second-order valence-corrected chi connectivity index (χ2v) is 5.37. The molecule has 0 radical (unpaired) electrons. The van der Waals surface area contributed by atoms with Crippen LogP contribution in [0.3, 0.4) is 0 Å². The van der Waals surface area contributed by atoms with Crippen LogP contribution in [-0.4, -0.2) is 11.5 Å². The highest BCUT2D eigenvalue weighted by Gasteiger charge is 2.27. The predicted octanol–water partition coefficient (Wildman–Crippen LogP) is 3.56. The van der Waals surface area contributed by atoms with Crippen LogP contribution in [0.5, 0.6) is 0 Å². The summed E-state index contributed by atoms with van der Waals surface area (Å²) in [6.45, 7) is 3.20. The molecular weight excluding hydrogens is 234 g/mol. The fraction of sp³-hybridized carbons (Fsp3) is 0.375. The Balaban J connectivity index is 1.92. The zero-order chi connectivity index (χ0) is 13.2. The van der Waals surface area contributed by atoms with Crippen molar-refractivity contribution < 1.29 is 0 Å². The Morgan fingerprint density at radius 2 is 2.21 bits per heavy atom. The Morgan fingerprint density at radius 1 is 1.42 bits per heavy atom. The summed E-state index contributed by atoms with van der Waals surface area (Å²) in [5.74, 6) is 1.53. The Kier molecular flexibility index (Phi) is 3.08. The summed E-state index contributed by atoms with van der Waals surface area (Å²) >= 11 is 0. The number of rotatable bonds is 4. The number of benzene rings is 1. The normalized spacial score (nSPS) is 16.0. The van der Waals surface area contributed by atoms with E-state index in [1.807, 2.05) is 24.3 Å². The highest BCUT2D eigenvalue weighted by Crippen LogP contribution is 2.37. The first kappa shape index (κ1) is 12.0. The van der Waals surface area contributed by atoms with Gasteiger partial charge in [-0.15, -0.1) is 0 Å². The van der Waals surface area contributed by atoms with Crippen LogP contribution in [0.4, 0.5) is 5.69 Å². The second kappa shape index (κ2) is 4.89. The largest absolute Gasteiger partial charge is 0.383 e. The van der Waals surface area contributed by atoms with Crippen molar-refractivity contribution in [2.45, 2.75) is 19.8 Å². The molecule has 2 aromatic rings. The molecular formula is C16H17N3. The zero-order valence-electron chi connectivity index (χ0n) is 11.1. The molecule has 0 amide bonds. The van der Waals surface area contributed by atoms with E-state index in [0.717, 1.165) is 29.1 Å². The minimum absolute atomic E-state index is 0.627. The lowest BCUT2D eigenvalue weighted by molar-refractivity contribution is 0.537. The number of nitriles is 1. The Bertz CT molecular complexity index is 638. The molecule has 1 unspecified atom stereocenters. The van der Waals surface area contributed by atoms with Crippen molar-refractivity contribution >= 4 is 16.6 Å². The van der Waals surface area contributed by atoms with E-state index in [4.69, 9.17) is 0 Å². The van der Waals surface area contributed by atoms with Crippen LogP contribution in [0.15, 0.2) is 30.5 Å². The van der Waals surface area contributed by atoms with Crippen molar-refractivity contribution in [2.24, 2.45) is 11.8 Å². The molecule has 1 fully saturated rings. The monoisotopic (exact) mass is 251 g/mol. The zero-order valence-corrected chi connectivity index (χ0v) is 11.1. The second-order valence-electron chi connectivity index (χ2n) is 5.37. The molecule has 1 aromatic heterocycles. The van der Waals surface area contributed by atoms with Crippen LogP contribution in [0.25, 0.3) is 10.9 Å². The van der Waals surface area contributed by atoms with E-state index in [1.54, 1.807) is 6.20 Å². The van der Waals surface area contributed by atoms with E-state index in [-0.39, 0.29) is 0 Å². The molecule has 0 saturated heterocycles. The van der Waals surface area contributed by atoms with Gasteiger partial charge in [0.25, 0.3) is 0 Å². The molecule has 3 rings (SSSR count). The van der Waals surface area contributed by atoms with Gasteiger partial charge < -0.3 is 5.32 Å². The summed E-state index contributed by atoms with van der Waals surface area (Å²) in [5.41, 5.74) is 2.49. The third-order valence-corrected chi connectivity index (χ3v) is 3.92. The van der Waals surface area contributed by atoms with Gasteiger partial charge in [-0.1, -0.05) is 25.1 Å². The number of para-hydroxylation sites is 1. The predicted molar refractivity (Wildman–Crippen MR) is 76.8 cm³/mol. The van der Waals surface area contributed by atoms with E-state index >= 15 is 0 Å². The van der Waals surface area contributed by atoms with E-state index in [9.17, 15) is 5.26 Å². The molecule has 1 aliphatic rings. The third-order valence-electron chi connectivity index (χ3n) is 3.92. The van der Waals surface area contributed by atoms with Gasteiger partial charge in [0.1, 0.15) is 6.07 Å². The lowest BCUT2D eigenvalue weighted by atomic mass is 10.1. The number of nitrogens with one attached hydrogen (secondary N) is 1. The maximum atomic E-state index is 9.23. The minimum atomic E-state index is 0.627. The molecule has 1 atom stereocenters. The number of hydrogen-bond donors (Lipinski definition) is 1. The number of pyridine rings is 1. The molecule has 0 bridgehead atoms. The van der Waals surface area contributed by atoms with Gasteiger partial charge in [-0.2, -0.15) is 5.26 Å². The van der Waals surface area contributed by atoms with E-state index in [2.05, 4.69) is 23.3 Å². The number of nitrogens with zero attached hydrogens (tertiary/aromatic N) is 2. The summed E-state index contributed by atoms with van der Waals surface area (Å²) in [6, 6.07) is 10.2. The summed E-state index contributed by atoms with van der Waals surface area (Å²) in [7, 11) is 0. The standard InChI is InChI=1S/C16H17N3/c1-11(12-6-7-12)9-19-16-13(8-17)10-18-15-5-3-2-4-14(15)16/h2-5,10-12H,6-7,9H2,1H3,(H,18,19). The Labute approximate surface area is 113 Å². The highest BCUT2D eigenvalue weighted by molar-refractivity contribution is 5.93. The molecule has 0 spiro atoms. The summed E-state index contributed by atoms with van der Waals surface area (Å²) in [6.07, 6.45) is 4.36. The van der Waals surface area contributed by atoms with Crippen molar-refractivity contribution in [1.82, 2.24) is 4.98 Å². The lowest BCUT2D eigenvalue weighted by Crippen LogP contribution is -2.14. The van der Waals surface area contributed by atoms with Crippen molar-refractivity contribution in [2.75, 3.05) is 11.9 Å². The van der Waals surface area contributed by atoms with E-state index in [0.29, 0.717) is 11.5 Å². The first-order valence-electron chi connectivity index (χ1n) is 6.81. The average molecular weight is 251 g/mol. The average Bonchev–Trinajstić information content (AvgIpc) is 3.28. The van der Waals surface area contributed by atoms with Gasteiger partial charge in [-0.3, -0.25) is 4.98 Å². The molecule has 19 heavy (non-hydrogen) atoms. The lowest BCUT2D eigenvalue weighted by Gasteiger charge is -2.15. The Morgan fingerprint density at radius 3 is 2.95 bits per heavy atom. The van der Waals surface area contributed by atoms with Crippen LogP contribution in [0.2, 0.25) is 0 Å². The fourth-order valence-corrected chi connectivity index (χ4v) is 2.51. The molecule has 0 aliphatic heterocycles. The van der Waals surface area contributed by atoms with Gasteiger partial charge in [0.05, 0.1) is 16.8 Å². The molecule has 3 nitrogen and oxygen atoms in total. The maximum absolute atomic E-state index is 9.23. The number of anilines is 1. The van der Waals surface area contributed by atoms with Crippen molar-refractivity contribution in [3.63, 3.8) is 0 Å². The van der Waals surface area contributed by atoms with Crippen LogP contribution >= 0.6 is 0 Å². The van der Waals surface area contributed by atoms with Gasteiger partial charge in [0.2, 0.25) is 0 Å². The van der Waals surface area contributed by atoms with Gasteiger partial charge >= 0.3 is 0 Å². The van der Waals surface area contributed by atoms with Crippen LogP contribution in [-0.2, 0) is 0 Å². The summed E-state index contributed by atoms with van der Waals surface area (Å²) < 4.78 is 0. The van der Waals surface area contributed by atoms with Gasteiger partial charge in [-0.25, -0.2) is 0 Å². The fourth-order valence-electron chi connectivity index (χ4n) is 2.51. The molecule has 1 aliphatic carbocycles. The molecule has 96 valence electrons. The molecule has 1 N–H and O–H groups in total. The van der Waals surface area contributed by atoms with Crippen LogP contribution in [0.1, 0.15) is 25.3 Å². The summed E-state index contributed by atoms with van der Waals surface area (Å²) in [4.78, 5) is 4.32. The Hall–Kier alpha value is -2.08. The van der Waals surface area contributed by atoms with Gasteiger partial charge in [0.15, 0.2) is 0 Å². The number of aromatic nitrogens is 1. The minimum Gasteiger partial charge on any atom is -0.383 e. The van der Waals surface area contributed by atoms with Crippen LogP contribution < -0.4 is 5.32 Å². The first-order valence-corrected chi connectivity index (χ1v) is 6.81. The molecule has 1 heterocycles. The molecule has 1 saturated carbocycles.